The second kappa shape index (κ2) is 10.2. The SMILES string of the molecule is COC(=O)OCOc1c2n(ccc1=O)N([C@@H]1c3ccccc3-c3ocnc3-c3c1ccc(F)c3F)[C@@H]1COCCN1C2=O. The van der Waals surface area contributed by atoms with Crippen LogP contribution in [0.5, 0.6) is 5.75 Å². The summed E-state index contributed by atoms with van der Waals surface area (Å²) in [6.45, 7) is -0.240. The number of hydrogen-bond donors (Lipinski definition) is 0. The number of hydrogen-bond acceptors (Lipinski definition) is 10. The van der Waals surface area contributed by atoms with Gasteiger partial charge in [0.15, 0.2) is 29.5 Å². The van der Waals surface area contributed by atoms with Gasteiger partial charge in [0.05, 0.1) is 26.4 Å². The minimum absolute atomic E-state index is 0.0679. The molecule has 1 amide bonds. The Hall–Kier alpha value is -5.24. The Morgan fingerprint density at radius 3 is 2.79 bits per heavy atom. The molecular weight excluding hydrogens is 570 g/mol. The largest absolute Gasteiger partial charge is 0.510 e. The molecule has 12 nitrogen and oxygen atoms in total. The summed E-state index contributed by atoms with van der Waals surface area (Å²) in [6.07, 6.45) is 0.786. The molecule has 14 heteroatoms. The van der Waals surface area contributed by atoms with Gasteiger partial charge in [-0.3, -0.25) is 19.3 Å². The number of amides is 1. The Labute approximate surface area is 241 Å². The number of carbonyl (C=O) groups excluding carboxylic acids is 2. The minimum atomic E-state index is -1.11. The highest BCUT2D eigenvalue weighted by Crippen LogP contribution is 2.48. The van der Waals surface area contributed by atoms with E-state index in [1.165, 1.54) is 34.3 Å². The number of pyridine rings is 1. The third-order valence-electron chi connectivity index (χ3n) is 7.69. The fourth-order valence-electron chi connectivity index (χ4n) is 5.90. The van der Waals surface area contributed by atoms with Crippen molar-refractivity contribution in [2.75, 3.05) is 38.7 Å². The molecule has 2 aromatic heterocycles. The molecule has 4 heterocycles. The number of oxazole rings is 1. The van der Waals surface area contributed by atoms with E-state index in [1.807, 2.05) is 6.07 Å². The lowest BCUT2D eigenvalue weighted by molar-refractivity contribution is -0.0208. The second-order valence-electron chi connectivity index (χ2n) is 9.84. The summed E-state index contributed by atoms with van der Waals surface area (Å²) in [4.78, 5) is 44.3. The normalized spacial score (nSPS) is 18.4. The van der Waals surface area contributed by atoms with Crippen molar-refractivity contribution in [2.24, 2.45) is 0 Å². The van der Waals surface area contributed by atoms with Gasteiger partial charge >= 0.3 is 6.16 Å². The number of morpholine rings is 1. The molecule has 0 unspecified atom stereocenters. The van der Waals surface area contributed by atoms with E-state index in [9.17, 15) is 18.8 Å². The van der Waals surface area contributed by atoms with Crippen molar-refractivity contribution in [3.05, 3.63) is 93.7 Å². The zero-order valence-electron chi connectivity index (χ0n) is 22.5. The number of nitrogens with zero attached hydrogens (tertiary/aromatic N) is 4. The summed E-state index contributed by atoms with van der Waals surface area (Å²) < 4.78 is 58.3. The van der Waals surface area contributed by atoms with Gasteiger partial charge in [-0.2, -0.15) is 0 Å². The average molecular weight is 593 g/mol. The van der Waals surface area contributed by atoms with Crippen LogP contribution in [0, 0.1) is 11.6 Å². The Morgan fingerprint density at radius 1 is 1.12 bits per heavy atom. The predicted octanol–water partition coefficient (Wildman–Crippen LogP) is 3.42. The van der Waals surface area contributed by atoms with E-state index < -0.39 is 48.1 Å². The standard InChI is InChI=1S/C29H22F2N4O8/c1-39-29(38)43-14-42-27-19(36)8-9-34-25(27)28(37)33-10-11-40-12-20(33)35(34)24-15-4-2-3-5-16(15)26-23(32-13-41-26)21-17(24)6-7-18(30)22(21)31/h2-9,13,20,24H,10-12,14H2,1H3/t20-,24-/m1/s1. The van der Waals surface area contributed by atoms with Crippen molar-refractivity contribution in [1.29, 1.82) is 0 Å². The maximum Gasteiger partial charge on any atom is 0.510 e. The van der Waals surface area contributed by atoms with E-state index in [2.05, 4.69) is 9.72 Å². The van der Waals surface area contributed by atoms with Crippen LogP contribution in [0.3, 0.4) is 0 Å². The van der Waals surface area contributed by atoms with Crippen LogP contribution in [0.4, 0.5) is 13.6 Å². The van der Waals surface area contributed by atoms with E-state index in [-0.39, 0.29) is 48.2 Å². The maximum absolute atomic E-state index is 15.7. The fraction of sp³-hybridized carbons (Fsp3) is 0.241. The summed E-state index contributed by atoms with van der Waals surface area (Å²) in [5.41, 5.74) is 0.761. The highest BCUT2D eigenvalue weighted by Gasteiger charge is 2.47. The quantitative estimate of drug-likeness (QED) is 0.257. The third-order valence-corrected chi connectivity index (χ3v) is 7.69. The van der Waals surface area contributed by atoms with Gasteiger partial charge in [-0.25, -0.2) is 18.6 Å². The van der Waals surface area contributed by atoms with Crippen LogP contribution in [0.1, 0.15) is 27.7 Å². The molecule has 0 N–H and O–H groups in total. The molecule has 1 aliphatic carbocycles. The Morgan fingerprint density at radius 2 is 1.95 bits per heavy atom. The second-order valence-corrected chi connectivity index (χ2v) is 9.84. The number of carbonyl (C=O) groups is 2. The first-order valence-electron chi connectivity index (χ1n) is 13.2. The predicted molar refractivity (Wildman–Crippen MR) is 143 cm³/mol. The first kappa shape index (κ1) is 26.6. The molecular formula is C29H22F2N4O8. The molecule has 2 aromatic carbocycles. The van der Waals surface area contributed by atoms with Crippen molar-refractivity contribution in [1.82, 2.24) is 14.6 Å². The summed E-state index contributed by atoms with van der Waals surface area (Å²) >= 11 is 0. The van der Waals surface area contributed by atoms with Crippen molar-refractivity contribution in [2.45, 2.75) is 12.2 Å². The van der Waals surface area contributed by atoms with Gasteiger partial charge in [-0.1, -0.05) is 30.3 Å². The number of fused-ring (bicyclic) bond motifs is 7. The number of rotatable bonds is 4. The zero-order chi connectivity index (χ0) is 29.8. The van der Waals surface area contributed by atoms with Crippen molar-refractivity contribution >= 4 is 12.1 Å². The van der Waals surface area contributed by atoms with E-state index in [0.717, 1.165) is 13.2 Å². The third kappa shape index (κ3) is 4.05. The summed E-state index contributed by atoms with van der Waals surface area (Å²) in [5.74, 6) is -2.83. The fourth-order valence-corrected chi connectivity index (χ4v) is 5.90. The van der Waals surface area contributed by atoms with Crippen molar-refractivity contribution < 1.29 is 41.7 Å². The molecule has 43 heavy (non-hydrogen) atoms. The highest BCUT2D eigenvalue weighted by molar-refractivity contribution is 5.97. The molecule has 2 aliphatic heterocycles. The van der Waals surface area contributed by atoms with Crippen LogP contribution < -0.4 is 15.2 Å². The molecule has 2 atom stereocenters. The lowest BCUT2D eigenvalue weighted by Gasteiger charge is -2.51. The Balaban J connectivity index is 1.49. The molecule has 0 bridgehead atoms. The van der Waals surface area contributed by atoms with Crippen LogP contribution in [0.15, 0.2) is 64.3 Å². The summed E-state index contributed by atoms with van der Waals surface area (Å²) in [6, 6.07) is 9.98. The van der Waals surface area contributed by atoms with Crippen LogP contribution in [-0.2, 0) is 14.2 Å². The maximum atomic E-state index is 15.7. The van der Waals surface area contributed by atoms with E-state index in [1.54, 1.807) is 23.2 Å². The first-order valence-corrected chi connectivity index (χ1v) is 13.2. The van der Waals surface area contributed by atoms with Gasteiger partial charge in [0, 0.05) is 29.9 Å². The highest BCUT2D eigenvalue weighted by atomic mass is 19.2. The van der Waals surface area contributed by atoms with Crippen molar-refractivity contribution in [3.8, 4) is 28.3 Å². The molecule has 7 rings (SSSR count). The average Bonchev–Trinajstić information content (AvgIpc) is 3.47. The van der Waals surface area contributed by atoms with Gasteiger partial charge in [0.25, 0.3) is 5.91 Å². The number of ether oxygens (including phenoxy) is 4. The van der Waals surface area contributed by atoms with E-state index in [0.29, 0.717) is 16.7 Å². The zero-order valence-corrected chi connectivity index (χ0v) is 22.5. The molecule has 0 saturated carbocycles. The van der Waals surface area contributed by atoms with Crippen LogP contribution >= 0.6 is 0 Å². The molecule has 0 radical (unpaired) electrons. The number of benzene rings is 2. The number of methoxy groups -OCH3 is 1. The molecule has 3 aliphatic rings. The lowest BCUT2D eigenvalue weighted by atomic mass is 9.92. The van der Waals surface area contributed by atoms with Gasteiger partial charge < -0.3 is 28.3 Å². The minimum Gasteiger partial charge on any atom is -0.451 e. The van der Waals surface area contributed by atoms with Gasteiger partial charge in [-0.15, -0.1) is 0 Å². The van der Waals surface area contributed by atoms with Gasteiger partial charge in [0.2, 0.25) is 18.0 Å². The van der Waals surface area contributed by atoms with Gasteiger partial charge in [0.1, 0.15) is 11.9 Å². The van der Waals surface area contributed by atoms with Crippen LogP contribution in [0.2, 0.25) is 0 Å². The summed E-state index contributed by atoms with van der Waals surface area (Å²) in [7, 11) is 1.11. The first-order chi connectivity index (χ1) is 20.9. The number of halogens is 2. The van der Waals surface area contributed by atoms with E-state index >= 15 is 4.39 Å². The van der Waals surface area contributed by atoms with E-state index in [4.69, 9.17) is 18.6 Å². The monoisotopic (exact) mass is 592 g/mol. The van der Waals surface area contributed by atoms with Crippen molar-refractivity contribution in [3.63, 3.8) is 0 Å². The molecule has 1 fully saturated rings. The molecule has 4 aromatic rings. The van der Waals surface area contributed by atoms with Gasteiger partial charge in [-0.05, 0) is 17.2 Å². The molecule has 0 spiro atoms. The Bertz CT molecular complexity index is 1840. The Kier molecular flexibility index (Phi) is 6.34. The molecule has 1 saturated heterocycles. The number of aromatic nitrogens is 2. The lowest BCUT2D eigenvalue weighted by Crippen LogP contribution is -2.66. The smallest absolute Gasteiger partial charge is 0.451 e. The topological polar surface area (TPSA) is 126 Å². The van der Waals surface area contributed by atoms with Crippen LogP contribution in [0.25, 0.3) is 22.6 Å². The van der Waals surface area contributed by atoms with Crippen LogP contribution in [-0.4, -0.2) is 66.4 Å². The summed E-state index contributed by atoms with van der Waals surface area (Å²) in [5, 5.41) is 1.75. The molecule has 220 valence electrons.